The Balaban J connectivity index is 1.73. The lowest BCUT2D eigenvalue weighted by molar-refractivity contribution is 0.0694. The Morgan fingerprint density at radius 2 is 2.12 bits per heavy atom. The van der Waals surface area contributed by atoms with Crippen LogP contribution in [0.4, 0.5) is 5.82 Å². The fourth-order valence-corrected chi connectivity index (χ4v) is 2.67. The molecule has 0 aliphatic carbocycles. The first-order valence-corrected chi connectivity index (χ1v) is 8.39. The predicted octanol–water partition coefficient (Wildman–Crippen LogP) is 2.90. The molecule has 26 heavy (non-hydrogen) atoms. The van der Waals surface area contributed by atoms with Gasteiger partial charge in [-0.2, -0.15) is 4.98 Å². The zero-order valence-electron chi connectivity index (χ0n) is 14.5. The predicted molar refractivity (Wildman–Crippen MR) is 99.1 cm³/mol. The topological polar surface area (TPSA) is 84.5 Å². The lowest BCUT2D eigenvalue weighted by atomic mass is 10.2. The smallest absolute Gasteiger partial charge is 0.259 e. The second-order valence-corrected chi connectivity index (χ2v) is 6.26. The maximum absolute atomic E-state index is 9.81. The van der Waals surface area contributed by atoms with Crippen molar-refractivity contribution in [2.75, 3.05) is 32.2 Å². The molecule has 0 saturated carbocycles. The van der Waals surface area contributed by atoms with Crippen LogP contribution in [0, 0.1) is 0 Å². The van der Waals surface area contributed by atoms with Crippen molar-refractivity contribution in [3.05, 3.63) is 47.6 Å². The summed E-state index contributed by atoms with van der Waals surface area (Å²) in [6, 6.07) is 10.9. The summed E-state index contributed by atoms with van der Waals surface area (Å²) < 4.78 is 10.3. The molecule has 136 valence electrons. The molecule has 8 heteroatoms. The molecule has 0 saturated heterocycles. The summed E-state index contributed by atoms with van der Waals surface area (Å²) in [7, 11) is 3.41. The Morgan fingerprint density at radius 3 is 2.81 bits per heavy atom. The standard InChI is InChI=1S/C18H19ClN4O3/c1-23(10-15(24)11-25-2)16-7-6-13(9-20-16)18-21-17(22-26-18)12-4-3-5-14(19)8-12/h3-9,15,24H,10-11H2,1-2H3/t15-/m1/s1. The molecule has 0 unspecified atom stereocenters. The summed E-state index contributed by atoms with van der Waals surface area (Å²) >= 11 is 5.99. The van der Waals surface area contributed by atoms with Crippen molar-refractivity contribution in [2.24, 2.45) is 0 Å². The molecular formula is C18H19ClN4O3. The van der Waals surface area contributed by atoms with Gasteiger partial charge in [0, 0.05) is 37.5 Å². The van der Waals surface area contributed by atoms with E-state index in [2.05, 4.69) is 15.1 Å². The van der Waals surface area contributed by atoms with Gasteiger partial charge in [0.2, 0.25) is 5.82 Å². The zero-order chi connectivity index (χ0) is 18.5. The van der Waals surface area contributed by atoms with E-state index in [1.54, 1.807) is 25.4 Å². The Bertz CT molecular complexity index is 854. The highest BCUT2D eigenvalue weighted by atomic mass is 35.5. The number of aromatic nitrogens is 3. The van der Waals surface area contributed by atoms with Gasteiger partial charge in [-0.15, -0.1) is 0 Å². The number of aliphatic hydroxyl groups excluding tert-OH is 1. The largest absolute Gasteiger partial charge is 0.389 e. The third kappa shape index (κ3) is 4.37. The Morgan fingerprint density at radius 1 is 1.27 bits per heavy atom. The Kier molecular flexibility index (Phi) is 5.82. The van der Waals surface area contributed by atoms with Crippen LogP contribution in [-0.4, -0.2) is 53.6 Å². The normalized spacial score (nSPS) is 12.2. The van der Waals surface area contributed by atoms with Gasteiger partial charge in [0.05, 0.1) is 18.3 Å². The van der Waals surface area contributed by atoms with Crippen LogP contribution in [0.15, 0.2) is 47.1 Å². The first-order valence-electron chi connectivity index (χ1n) is 8.01. The molecule has 3 rings (SSSR count). The molecule has 2 aromatic heterocycles. The van der Waals surface area contributed by atoms with Crippen LogP contribution in [0.2, 0.25) is 5.02 Å². The number of ether oxygens (including phenoxy) is 1. The second-order valence-electron chi connectivity index (χ2n) is 5.83. The average Bonchev–Trinajstić information content (AvgIpc) is 3.12. The maximum atomic E-state index is 9.81. The van der Waals surface area contributed by atoms with Gasteiger partial charge in [-0.05, 0) is 24.3 Å². The number of aliphatic hydroxyl groups is 1. The number of methoxy groups -OCH3 is 1. The molecule has 7 nitrogen and oxygen atoms in total. The highest BCUT2D eigenvalue weighted by Crippen LogP contribution is 2.24. The molecule has 0 radical (unpaired) electrons. The van der Waals surface area contributed by atoms with Crippen LogP contribution in [0.5, 0.6) is 0 Å². The lowest BCUT2D eigenvalue weighted by Crippen LogP contribution is -2.32. The molecule has 0 bridgehead atoms. The number of benzene rings is 1. The average molecular weight is 375 g/mol. The number of anilines is 1. The van der Waals surface area contributed by atoms with Gasteiger partial charge in [0.25, 0.3) is 5.89 Å². The zero-order valence-corrected chi connectivity index (χ0v) is 15.2. The lowest BCUT2D eigenvalue weighted by Gasteiger charge is -2.21. The fraction of sp³-hybridized carbons (Fsp3) is 0.278. The van der Waals surface area contributed by atoms with Gasteiger partial charge < -0.3 is 19.3 Å². The first-order chi connectivity index (χ1) is 12.6. The highest BCUT2D eigenvalue weighted by Gasteiger charge is 2.13. The number of nitrogens with zero attached hydrogens (tertiary/aromatic N) is 4. The summed E-state index contributed by atoms with van der Waals surface area (Å²) in [5, 5.41) is 14.4. The molecule has 1 N–H and O–H groups in total. The molecule has 0 aliphatic rings. The van der Waals surface area contributed by atoms with Crippen molar-refractivity contribution in [1.29, 1.82) is 0 Å². The molecule has 0 aliphatic heterocycles. The van der Waals surface area contributed by atoms with Crippen LogP contribution in [0.1, 0.15) is 0 Å². The van der Waals surface area contributed by atoms with Crippen molar-refractivity contribution < 1.29 is 14.4 Å². The quantitative estimate of drug-likeness (QED) is 0.680. The minimum atomic E-state index is -0.581. The van der Waals surface area contributed by atoms with E-state index in [9.17, 15) is 5.11 Å². The number of rotatable bonds is 7. The van der Waals surface area contributed by atoms with Crippen LogP contribution in [0.25, 0.3) is 22.8 Å². The fourth-order valence-electron chi connectivity index (χ4n) is 2.48. The molecule has 1 atom stereocenters. The molecule has 1 aromatic carbocycles. The van der Waals surface area contributed by atoms with Crippen LogP contribution in [-0.2, 0) is 4.74 Å². The molecular weight excluding hydrogens is 356 g/mol. The summed E-state index contributed by atoms with van der Waals surface area (Å²) in [5.74, 6) is 1.56. The van der Waals surface area contributed by atoms with Gasteiger partial charge in [0.1, 0.15) is 5.82 Å². The number of pyridine rings is 1. The van der Waals surface area contributed by atoms with Crippen molar-refractivity contribution in [1.82, 2.24) is 15.1 Å². The highest BCUT2D eigenvalue weighted by molar-refractivity contribution is 6.30. The van der Waals surface area contributed by atoms with Gasteiger partial charge in [-0.25, -0.2) is 4.98 Å². The van der Waals surface area contributed by atoms with E-state index < -0.39 is 6.10 Å². The third-order valence-corrected chi connectivity index (χ3v) is 3.97. The minimum absolute atomic E-state index is 0.274. The van der Waals surface area contributed by atoms with E-state index in [0.29, 0.717) is 28.8 Å². The molecule has 2 heterocycles. The monoisotopic (exact) mass is 374 g/mol. The van der Waals surface area contributed by atoms with Gasteiger partial charge in [0.15, 0.2) is 0 Å². The Labute approximate surface area is 156 Å². The van der Waals surface area contributed by atoms with E-state index >= 15 is 0 Å². The summed E-state index contributed by atoms with van der Waals surface area (Å²) in [6.45, 7) is 0.691. The van der Waals surface area contributed by atoms with E-state index in [0.717, 1.165) is 11.4 Å². The summed E-state index contributed by atoms with van der Waals surface area (Å²) in [6.07, 6.45) is 1.08. The van der Waals surface area contributed by atoms with Crippen LogP contribution in [0.3, 0.4) is 0 Å². The summed E-state index contributed by atoms with van der Waals surface area (Å²) in [5.41, 5.74) is 1.49. The SMILES string of the molecule is COC[C@H](O)CN(C)c1ccc(-c2nc(-c3cccc(Cl)c3)no2)cn1. The molecule has 0 spiro atoms. The van der Waals surface area contributed by atoms with Gasteiger partial charge >= 0.3 is 0 Å². The minimum Gasteiger partial charge on any atom is -0.389 e. The van der Waals surface area contributed by atoms with Crippen molar-refractivity contribution in [2.45, 2.75) is 6.10 Å². The molecule has 0 amide bonds. The van der Waals surface area contributed by atoms with Crippen LogP contribution >= 0.6 is 11.6 Å². The van der Waals surface area contributed by atoms with E-state index in [4.69, 9.17) is 20.9 Å². The van der Waals surface area contributed by atoms with Crippen molar-refractivity contribution >= 4 is 17.4 Å². The van der Waals surface area contributed by atoms with E-state index in [1.165, 1.54) is 0 Å². The molecule has 0 fully saturated rings. The first kappa shape index (κ1) is 18.3. The van der Waals surface area contributed by atoms with Crippen molar-refractivity contribution in [3.63, 3.8) is 0 Å². The third-order valence-electron chi connectivity index (χ3n) is 3.74. The summed E-state index contributed by atoms with van der Waals surface area (Å²) in [4.78, 5) is 10.6. The maximum Gasteiger partial charge on any atom is 0.259 e. The van der Waals surface area contributed by atoms with Crippen LogP contribution < -0.4 is 4.90 Å². The number of hydrogen-bond donors (Lipinski definition) is 1. The Hall–Kier alpha value is -2.48. The van der Waals surface area contributed by atoms with E-state index in [1.807, 2.05) is 36.2 Å². The van der Waals surface area contributed by atoms with Gasteiger partial charge in [-0.3, -0.25) is 0 Å². The number of halogens is 1. The second kappa shape index (κ2) is 8.27. The van der Waals surface area contributed by atoms with E-state index in [-0.39, 0.29) is 6.61 Å². The van der Waals surface area contributed by atoms with Crippen molar-refractivity contribution in [3.8, 4) is 22.8 Å². The number of hydrogen-bond acceptors (Lipinski definition) is 7. The molecule has 3 aromatic rings. The van der Waals surface area contributed by atoms with Gasteiger partial charge in [-0.1, -0.05) is 28.9 Å². The number of likely N-dealkylation sites (N-methyl/N-ethyl adjacent to an activating group) is 1.